The minimum atomic E-state index is -0.399. The van der Waals surface area contributed by atoms with Crippen molar-refractivity contribution in [2.45, 2.75) is 25.5 Å². The van der Waals surface area contributed by atoms with Crippen LogP contribution in [0.1, 0.15) is 24.1 Å². The van der Waals surface area contributed by atoms with Crippen LogP contribution in [0.5, 0.6) is 0 Å². The fraction of sp³-hybridized carbons (Fsp3) is 0.500. The summed E-state index contributed by atoms with van der Waals surface area (Å²) in [5.74, 6) is -0.0673. The molecule has 2 unspecified atom stereocenters. The Bertz CT molecular complexity index is 426. The highest BCUT2D eigenvalue weighted by Gasteiger charge is 2.20. The summed E-state index contributed by atoms with van der Waals surface area (Å²) in [6, 6.07) is 8.58. The van der Waals surface area contributed by atoms with E-state index >= 15 is 0 Å². The first kappa shape index (κ1) is 16.0. The van der Waals surface area contributed by atoms with E-state index in [1.807, 2.05) is 6.07 Å². The Hall–Kier alpha value is -1.10. The summed E-state index contributed by atoms with van der Waals surface area (Å²) in [6.07, 6.45) is 0.651. The average molecular weight is 285 g/mol. The summed E-state index contributed by atoms with van der Waals surface area (Å²) in [7, 11) is 1.54. The number of carbonyl (C=O) groups excluding carboxylic acids is 1. The Labute approximate surface area is 120 Å². The zero-order valence-corrected chi connectivity index (χ0v) is 12.1. The molecule has 2 N–H and O–H groups in total. The van der Waals surface area contributed by atoms with Gasteiger partial charge in [-0.05, 0) is 31.0 Å². The van der Waals surface area contributed by atoms with E-state index in [9.17, 15) is 4.79 Å². The van der Waals surface area contributed by atoms with Crippen LogP contribution >= 0.6 is 12.4 Å². The van der Waals surface area contributed by atoms with Crippen molar-refractivity contribution < 1.29 is 9.53 Å². The first-order valence-electron chi connectivity index (χ1n) is 6.34. The van der Waals surface area contributed by atoms with Crippen molar-refractivity contribution in [3.63, 3.8) is 0 Å². The minimum Gasteiger partial charge on any atom is -0.372 e. The molecule has 0 spiro atoms. The van der Waals surface area contributed by atoms with E-state index < -0.39 is 6.10 Å². The fourth-order valence-corrected chi connectivity index (χ4v) is 2.23. The first-order chi connectivity index (χ1) is 8.72. The minimum absolute atomic E-state index is 0. The second-order valence-electron chi connectivity index (χ2n) is 4.58. The third-order valence-corrected chi connectivity index (χ3v) is 3.42. The molecule has 0 radical (unpaired) electrons. The van der Waals surface area contributed by atoms with Crippen molar-refractivity contribution in [2.75, 3.05) is 20.2 Å². The van der Waals surface area contributed by atoms with Crippen molar-refractivity contribution in [1.29, 1.82) is 0 Å². The molecule has 2 rings (SSSR count). The Kier molecular flexibility index (Phi) is 6.28. The van der Waals surface area contributed by atoms with Gasteiger partial charge in [0, 0.05) is 19.7 Å². The van der Waals surface area contributed by atoms with Crippen LogP contribution in [0.3, 0.4) is 0 Å². The second kappa shape index (κ2) is 7.48. The first-order valence-corrected chi connectivity index (χ1v) is 6.34. The van der Waals surface area contributed by atoms with Crippen LogP contribution in [0.25, 0.3) is 0 Å². The van der Waals surface area contributed by atoms with Crippen LogP contribution < -0.4 is 10.6 Å². The topological polar surface area (TPSA) is 50.4 Å². The number of nitrogens with one attached hydrogen (secondary N) is 2. The lowest BCUT2D eigenvalue weighted by molar-refractivity contribution is -0.130. The SMILES string of the molecule is COC(C)C(=O)NCC1NCCc2ccccc21.Cl. The van der Waals surface area contributed by atoms with Crippen molar-refractivity contribution in [3.05, 3.63) is 35.4 Å². The number of amides is 1. The van der Waals surface area contributed by atoms with Crippen molar-refractivity contribution in [3.8, 4) is 0 Å². The smallest absolute Gasteiger partial charge is 0.248 e. The molecule has 106 valence electrons. The summed E-state index contributed by atoms with van der Waals surface area (Å²) in [5.41, 5.74) is 2.66. The number of rotatable bonds is 4. The number of carbonyl (C=O) groups is 1. The predicted octanol–water partition coefficient (Wildman–Crippen LogP) is 1.45. The van der Waals surface area contributed by atoms with Crippen LogP contribution in [0.2, 0.25) is 0 Å². The lowest BCUT2D eigenvalue weighted by atomic mass is 9.94. The molecule has 1 aliphatic heterocycles. The van der Waals surface area contributed by atoms with Gasteiger partial charge in [0.1, 0.15) is 6.10 Å². The number of halogens is 1. The van der Waals surface area contributed by atoms with E-state index in [0.717, 1.165) is 13.0 Å². The molecule has 0 aliphatic carbocycles. The summed E-state index contributed by atoms with van der Waals surface area (Å²) >= 11 is 0. The molecule has 0 fully saturated rings. The third-order valence-electron chi connectivity index (χ3n) is 3.42. The third kappa shape index (κ3) is 3.93. The Balaban J connectivity index is 0.00000180. The standard InChI is InChI=1S/C14H20N2O2.ClH/c1-10(18-2)14(17)16-9-13-12-6-4-3-5-11(12)7-8-15-13;/h3-6,10,13,15H,7-9H2,1-2H3,(H,16,17);1H. The number of benzene rings is 1. The maximum Gasteiger partial charge on any atom is 0.248 e. The van der Waals surface area contributed by atoms with E-state index in [-0.39, 0.29) is 24.4 Å². The molecule has 1 heterocycles. The molecule has 4 nitrogen and oxygen atoms in total. The van der Waals surface area contributed by atoms with Crippen molar-refractivity contribution in [2.24, 2.45) is 0 Å². The largest absolute Gasteiger partial charge is 0.372 e. The Morgan fingerprint density at radius 1 is 1.53 bits per heavy atom. The van der Waals surface area contributed by atoms with Crippen LogP contribution in [-0.4, -0.2) is 32.2 Å². The zero-order chi connectivity index (χ0) is 13.0. The number of ether oxygens (including phenoxy) is 1. The number of fused-ring (bicyclic) bond motifs is 1. The van der Waals surface area contributed by atoms with Crippen LogP contribution in [-0.2, 0) is 16.0 Å². The lowest BCUT2D eigenvalue weighted by Crippen LogP contribution is -2.42. The van der Waals surface area contributed by atoms with Gasteiger partial charge in [-0.25, -0.2) is 0 Å². The van der Waals surface area contributed by atoms with Crippen LogP contribution in [0.15, 0.2) is 24.3 Å². The Morgan fingerprint density at radius 3 is 3.00 bits per heavy atom. The zero-order valence-electron chi connectivity index (χ0n) is 11.3. The molecule has 19 heavy (non-hydrogen) atoms. The van der Waals surface area contributed by atoms with Crippen molar-refractivity contribution >= 4 is 18.3 Å². The van der Waals surface area contributed by atoms with E-state index in [0.29, 0.717) is 6.54 Å². The molecule has 2 atom stereocenters. The highest BCUT2D eigenvalue weighted by molar-refractivity contribution is 5.85. The van der Waals surface area contributed by atoms with Crippen LogP contribution in [0, 0.1) is 0 Å². The number of methoxy groups -OCH3 is 1. The van der Waals surface area contributed by atoms with E-state index in [4.69, 9.17) is 4.74 Å². The highest BCUT2D eigenvalue weighted by atomic mass is 35.5. The van der Waals surface area contributed by atoms with Gasteiger partial charge in [-0.3, -0.25) is 4.79 Å². The van der Waals surface area contributed by atoms with E-state index in [1.165, 1.54) is 11.1 Å². The molecule has 0 aromatic heterocycles. The number of hydrogen-bond acceptors (Lipinski definition) is 3. The molecule has 5 heteroatoms. The fourth-order valence-electron chi connectivity index (χ4n) is 2.23. The summed E-state index contributed by atoms with van der Waals surface area (Å²) < 4.78 is 4.99. The summed E-state index contributed by atoms with van der Waals surface area (Å²) in [5, 5.41) is 6.35. The van der Waals surface area contributed by atoms with E-state index in [2.05, 4.69) is 28.8 Å². The van der Waals surface area contributed by atoms with Gasteiger partial charge in [-0.15, -0.1) is 12.4 Å². The molecule has 1 aromatic rings. The van der Waals surface area contributed by atoms with Gasteiger partial charge in [-0.1, -0.05) is 24.3 Å². The van der Waals surface area contributed by atoms with Gasteiger partial charge in [0.2, 0.25) is 5.91 Å². The molecule has 0 saturated carbocycles. The normalized spacial score (nSPS) is 18.9. The predicted molar refractivity (Wildman–Crippen MR) is 77.6 cm³/mol. The second-order valence-corrected chi connectivity index (χ2v) is 4.58. The van der Waals surface area contributed by atoms with Gasteiger partial charge >= 0.3 is 0 Å². The highest BCUT2D eigenvalue weighted by Crippen LogP contribution is 2.21. The number of hydrogen-bond donors (Lipinski definition) is 2. The summed E-state index contributed by atoms with van der Waals surface area (Å²) in [6.45, 7) is 3.30. The maximum atomic E-state index is 11.7. The molecular weight excluding hydrogens is 264 g/mol. The molecule has 0 bridgehead atoms. The van der Waals surface area contributed by atoms with Gasteiger partial charge in [0.15, 0.2) is 0 Å². The molecule has 1 amide bonds. The molecule has 1 aliphatic rings. The van der Waals surface area contributed by atoms with Gasteiger partial charge in [0.25, 0.3) is 0 Å². The van der Waals surface area contributed by atoms with Crippen LogP contribution in [0.4, 0.5) is 0 Å². The van der Waals surface area contributed by atoms with Gasteiger partial charge in [-0.2, -0.15) is 0 Å². The maximum absolute atomic E-state index is 11.7. The molecular formula is C14H21ClN2O2. The quantitative estimate of drug-likeness (QED) is 0.880. The monoisotopic (exact) mass is 284 g/mol. The summed E-state index contributed by atoms with van der Waals surface area (Å²) in [4.78, 5) is 11.7. The van der Waals surface area contributed by atoms with Gasteiger partial charge in [0.05, 0.1) is 0 Å². The van der Waals surface area contributed by atoms with Gasteiger partial charge < -0.3 is 15.4 Å². The molecule has 0 saturated heterocycles. The molecule has 1 aromatic carbocycles. The average Bonchev–Trinajstić information content (AvgIpc) is 2.43. The lowest BCUT2D eigenvalue weighted by Gasteiger charge is -2.27. The van der Waals surface area contributed by atoms with Crippen molar-refractivity contribution in [1.82, 2.24) is 10.6 Å². The van der Waals surface area contributed by atoms with E-state index in [1.54, 1.807) is 14.0 Å². The Morgan fingerprint density at radius 2 is 2.26 bits per heavy atom.